The van der Waals surface area contributed by atoms with Gasteiger partial charge in [0.25, 0.3) is 5.91 Å². The number of aromatic nitrogens is 3. The van der Waals surface area contributed by atoms with Crippen LogP contribution in [0, 0.1) is 6.92 Å². The van der Waals surface area contributed by atoms with Gasteiger partial charge in [0.15, 0.2) is 11.3 Å². The van der Waals surface area contributed by atoms with Crippen molar-refractivity contribution in [3.05, 3.63) is 59.0 Å². The molecule has 3 rings (SSSR count). The average Bonchev–Trinajstić information content (AvgIpc) is 3.04. The summed E-state index contributed by atoms with van der Waals surface area (Å²) in [4.78, 5) is 16.2. The maximum absolute atomic E-state index is 13.9. The minimum atomic E-state index is -5.82. The quantitative estimate of drug-likeness (QED) is 0.658. The van der Waals surface area contributed by atoms with Crippen LogP contribution in [0.15, 0.2) is 36.4 Å². The zero-order valence-corrected chi connectivity index (χ0v) is 14.8. The van der Waals surface area contributed by atoms with Crippen molar-refractivity contribution in [1.29, 1.82) is 0 Å². The Labute approximate surface area is 156 Å². The summed E-state index contributed by atoms with van der Waals surface area (Å²) >= 11 is 0. The molecule has 0 spiro atoms. The molecule has 10 heteroatoms. The molecule has 1 amide bonds. The molecular weight excluding hydrogens is 383 g/mol. The number of fused-ring (bicyclic) bond motifs is 1. The number of aryl methyl sites for hydroxylation is 2. The SMILES string of the molecule is CCc1ccc(NC(=O)c2cc3nc(C)cc(C(F)(F)C(F)(F)F)n3n2)cc1. The zero-order valence-electron chi connectivity index (χ0n) is 14.8. The normalized spacial score (nSPS) is 12.4. The topological polar surface area (TPSA) is 59.3 Å². The predicted molar refractivity (Wildman–Crippen MR) is 91.4 cm³/mol. The summed E-state index contributed by atoms with van der Waals surface area (Å²) < 4.78 is 66.5. The molecule has 0 unspecified atom stereocenters. The molecule has 0 saturated carbocycles. The number of rotatable bonds is 4. The molecule has 5 nitrogen and oxygen atoms in total. The third-order valence-corrected chi connectivity index (χ3v) is 4.09. The maximum atomic E-state index is 13.9. The predicted octanol–water partition coefficient (Wildman–Crippen LogP) is 4.51. The Bertz CT molecular complexity index is 1020. The lowest BCUT2D eigenvalue weighted by molar-refractivity contribution is -0.291. The molecule has 2 aromatic heterocycles. The standard InChI is InChI=1S/C18H15F5N4O/c1-3-11-4-6-12(7-5-11)25-16(28)13-9-15-24-10(2)8-14(27(15)26-13)17(19,20)18(21,22)23/h4-9H,3H2,1-2H3,(H,25,28). The van der Waals surface area contributed by atoms with Crippen molar-refractivity contribution < 1.29 is 26.7 Å². The number of carbonyl (C=O) groups excluding carboxylic acids is 1. The Morgan fingerprint density at radius 2 is 1.75 bits per heavy atom. The average molecular weight is 398 g/mol. The smallest absolute Gasteiger partial charge is 0.321 e. The number of hydrogen-bond donors (Lipinski definition) is 1. The highest BCUT2D eigenvalue weighted by atomic mass is 19.4. The number of alkyl halides is 5. The third-order valence-electron chi connectivity index (χ3n) is 4.09. The summed E-state index contributed by atoms with van der Waals surface area (Å²) in [5, 5.41) is 6.15. The number of halogens is 5. The second-order valence-electron chi connectivity index (χ2n) is 6.16. The van der Waals surface area contributed by atoms with Gasteiger partial charge >= 0.3 is 12.1 Å². The van der Waals surface area contributed by atoms with Crippen LogP contribution in [0.25, 0.3) is 5.65 Å². The van der Waals surface area contributed by atoms with E-state index in [1.54, 1.807) is 24.3 Å². The van der Waals surface area contributed by atoms with Gasteiger partial charge in [0.2, 0.25) is 0 Å². The summed E-state index contributed by atoms with van der Waals surface area (Å²) in [6.45, 7) is 3.24. The monoisotopic (exact) mass is 398 g/mol. The maximum Gasteiger partial charge on any atom is 0.459 e. The van der Waals surface area contributed by atoms with Crippen molar-refractivity contribution in [3.63, 3.8) is 0 Å². The van der Waals surface area contributed by atoms with Gasteiger partial charge in [0.05, 0.1) is 0 Å². The van der Waals surface area contributed by atoms with Crippen molar-refractivity contribution in [2.75, 3.05) is 5.32 Å². The van der Waals surface area contributed by atoms with Crippen LogP contribution in [0.1, 0.15) is 34.4 Å². The van der Waals surface area contributed by atoms with Crippen LogP contribution >= 0.6 is 0 Å². The largest absolute Gasteiger partial charge is 0.459 e. The Kier molecular flexibility index (Phi) is 4.82. The minimum absolute atomic E-state index is 0.0616. The first-order valence-corrected chi connectivity index (χ1v) is 8.25. The highest BCUT2D eigenvalue weighted by molar-refractivity contribution is 6.03. The van der Waals surface area contributed by atoms with E-state index < -0.39 is 23.7 Å². The fourth-order valence-corrected chi connectivity index (χ4v) is 2.60. The van der Waals surface area contributed by atoms with Gasteiger partial charge in [-0.15, -0.1) is 0 Å². The molecular formula is C18H15F5N4O. The van der Waals surface area contributed by atoms with Gasteiger partial charge < -0.3 is 5.32 Å². The summed E-state index contributed by atoms with van der Waals surface area (Å²) in [6, 6.07) is 8.55. The lowest BCUT2D eigenvalue weighted by Crippen LogP contribution is -2.36. The molecule has 148 valence electrons. The molecule has 0 aliphatic carbocycles. The first-order chi connectivity index (χ1) is 13.0. The molecule has 3 aromatic rings. The number of nitrogens with one attached hydrogen (secondary N) is 1. The molecule has 28 heavy (non-hydrogen) atoms. The van der Waals surface area contributed by atoms with E-state index in [4.69, 9.17) is 0 Å². The van der Waals surface area contributed by atoms with Gasteiger partial charge in [-0.3, -0.25) is 4.79 Å². The number of carbonyl (C=O) groups is 1. The molecule has 0 aliphatic heterocycles. The van der Waals surface area contributed by atoms with E-state index in [2.05, 4.69) is 15.4 Å². The molecule has 0 atom stereocenters. The van der Waals surface area contributed by atoms with Crippen LogP contribution in [0.4, 0.5) is 27.6 Å². The molecule has 0 fully saturated rings. The molecule has 2 heterocycles. The van der Waals surface area contributed by atoms with E-state index >= 15 is 0 Å². The number of anilines is 1. The van der Waals surface area contributed by atoms with Gasteiger partial charge in [-0.25, -0.2) is 9.50 Å². The van der Waals surface area contributed by atoms with Gasteiger partial charge in [0.1, 0.15) is 5.69 Å². The van der Waals surface area contributed by atoms with E-state index in [9.17, 15) is 26.7 Å². The van der Waals surface area contributed by atoms with Gasteiger partial charge in [-0.1, -0.05) is 19.1 Å². The van der Waals surface area contributed by atoms with Crippen molar-refractivity contribution in [3.8, 4) is 0 Å². The molecule has 0 aliphatic rings. The molecule has 0 radical (unpaired) electrons. The van der Waals surface area contributed by atoms with Crippen LogP contribution in [0.3, 0.4) is 0 Å². The van der Waals surface area contributed by atoms with Crippen molar-refractivity contribution in [2.45, 2.75) is 32.4 Å². The lowest BCUT2D eigenvalue weighted by Gasteiger charge is -2.20. The zero-order chi connectivity index (χ0) is 20.7. The Morgan fingerprint density at radius 1 is 1.11 bits per heavy atom. The van der Waals surface area contributed by atoms with E-state index in [1.165, 1.54) is 6.92 Å². The van der Waals surface area contributed by atoms with Crippen molar-refractivity contribution in [2.24, 2.45) is 0 Å². The van der Waals surface area contributed by atoms with Crippen LogP contribution in [0.5, 0.6) is 0 Å². The Morgan fingerprint density at radius 3 is 2.32 bits per heavy atom. The first kappa shape index (κ1) is 19.7. The minimum Gasteiger partial charge on any atom is -0.321 e. The number of amides is 1. The molecule has 0 bridgehead atoms. The highest BCUT2D eigenvalue weighted by Gasteiger charge is 2.60. The Balaban J connectivity index is 1.99. The summed E-state index contributed by atoms with van der Waals surface area (Å²) in [6.07, 6.45) is -5.01. The summed E-state index contributed by atoms with van der Waals surface area (Å²) in [5.74, 6) is -5.91. The summed E-state index contributed by atoms with van der Waals surface area (Å²) in [5.41, 5.74) is -0.613. The Hall–Kier alpha value is -3.04. The molecule has 1 N–H and O–H groups in total. The second-order valence-corrected chi connectivity index (χ2v) is 6.16. The van der Waals surface area contributed by atoms with Crippen molar-refractivity contribution >= 4 is 17.2 Å². The van der Waals surface area contributed by atoms with E-state index in [-0.39, 0.29) is 17.0 Å². The third kappa shape index (κ3) is 3.54. The van der Waals surface area contributed by atoms with Gasteiger partial charge in [-0.05, 0) is 37.1 Å². The highest BCUT2D eigenvalue weighted by Crippen LogP contribution is 2.43. The number of benzene rings is 1. The molecule has 0 saturated heterocycles. The van der Waals surface area contributed by atoms with E-state index in [0.717, 1.165) is 18.1 Å². The molecule has 1 aromatic carbocycles. The van der Waals surface area contributed by atoms with Crippen LogP contribution in [-0.4, -0.2) is 26.7 Å². The number of nitrogens with zero attached hydrogens (tertiary/aromatic N) is 3. The second kappa shape index (κ2) is 6.84. The van der Waals surface area contributed by atoms with Gasteiger partial charge in [0, 0.05) is 17.4 Å². The lowest BCUT2D eigenvalue weighted by atomic mass is 10.1. The number of hydrogen-bond acceptors (Lipinski definition) is 3. The van der Waals surface area contributed by atoms with Gasteiger partial charge in [-0.2, -0.15) is 27.1 Å². The summed E-state index contributed by atoms with van der Waals surface area (Å²) in [7, 11) is 0. The van der Waals surface area contributed by atoms with E-state index in [1.807, 2.05) is 6.92 Å². The first-order valence-electron chi connectivity index (χ1n) is 8.25. The fourth-order valence-electron chi connectivity index (χ4n) is 2.60. The van der Waals surface area contributed by atoms with E-state index in [0.29, 0.717) is 16.3 Å². The fraction of sp³-hybridized carbons (Fsp3) is 0.278. The van der Waals surface area contributed by atoms with Crippen LogP contribution in [0.2, 0.25) is 0 Å². The van der Waals surface area contributed by atoms with Crippen molar-refractivity contribution in [1.82, 2.24) is 14.6 Å². The van der Waals surface area contributed by atoms with Crippen LogP contribution < -0.4 is 5.32 Å². The van der Waals surface area contributed by atoms with Crippen LogP contribution in [-0.2, 0) is 12.3 Å².